The Bertz CT molecular complexity index is 517. The van der Waals surface area contributed by atoms with E-state index in [-0.39, 0.29) is 19.4 Å². The van der Waals surface area contributed by atoms with Crippen LogP contribution in [0.3, 0.4) is 0 Å². The van der Waals surface area contributed by atoms with Crippen LogP contribution in [0.1, 0.15) is 15.9 Å². The molecule has 0 saturated carbocycles. The molecule has 2 rings (SSSR count). The SMILES string of the molecule is O=C(NCOCOCc1ccccc1)c1cccnc1. The number of hydrogen-bond acceptors (Lipinski definition) is 4. The van der Waals surface area contributed by atoms with Gasteiger partial charge in [0.1, 0.15) is 13.5 Å². The van der Waals surface area contributed by atoms with Gasteiger partial charge in [0.2, 0.25) is 0 Å². The van der Waals surface area contributed by atoms with Gasteiger partial charge in [-0.15, -0.1) is 0 Å². The normalized spacial score (nSPS) is 10.2. The third-order valence-corrected chi connectivity index (χ3v) is 2.54. The number of nitrogens with zero attached hydrogens (tertiary/aromatic N) is 1. The Morgan fingerprint density at radius 1 is 1.10 bits per heavy atom. The van der Waals surface area contributed by atoms with E-state index in [2.05, 4.69) is 10.3 Å². The molecule has 0 aliphatic rings. The molecule has 104 valence electrons. The summed E-state index contributed by atoms with van der Waals surface area (Å²) in [4.78, 5) is 15.5. The van der Waals surface area contributed by atoms with Crippen LogP contribution in [0, 0.1) is 0 Å². The van der Waals surface area contributed by atoms with Gasteiger partial charge in [0.15, 0.2) is 0 Å². The second-order valence-electron chi connectivity index (χ2n) is 4.05. The van der Waals surface area contributed by atoms with Gasteiger partial charge in [-0.2, -0.15) is 0 Å². The highest BCUT2D eigenvalue weighted by Crippen LogP contribution is 2.00. The van der Waals surface area contributed by atoms with Crippen LogP contribution in [0.4, 0.5) is 0 Å². The van der Waals surface area contributed by atoms with Gasteiger partial charge in [-0.05, 0) is 17.7 Å². The molecule has 1 heterocycles. The fourth-order valence-electron chi connectivity index (χ4n) is 1.55. The maximum atomic E-state index is 11.6. The highest BCUT2D eigenvalue weighted by atomic mass is 16.7. The minimum Gasteiger partial charge on any atom is -0.351 e. The number of amides is 1. The van der Waals surface area contributed by atoms with Gasteiger partial charge in [-0.3, -0.25) is 9.78 Å². The third kappa shape index (κ3) is 4.79. The predicted molar refractivity (Wildman–Crippen MR) is 73.8 cm³/mol. The van der Waals surface area contributed by atoms with E-state index < -0.39 is 0 Å². The largest absolute Gasteiger partial charge is 0.351 e. The average molecular weight is 272 g/mol. The average Bonchev–Trinajstić information content (AvgIpc) is 2.52. The van der Waals surface area contributed by atoms with E-state index in [1.54, 1.807) is 18.3 Å². The number of carbonyl (C=O) groups is 1. The second-order valence-corrected chi connectivity index (χ2v) is 4.05. The lowest BCUT2D eigenvalue weighted by Gasteiger charge is -2.07. The van der Waals surface area contributed by atoms with E-state index in [1.165, 1.54) is 6.20 Å². The van der Waals surface area contributed by atoms with E-state index >= 15 is 0 Å². The lowest BCUT2D eigenvalue weighted by atomic mass is 10.2. The van der Waals surface area contributed by atoms with Crippen molar-refractivity contribution in [1.82, 2.24) is 10.3 Å². The van der Waals surface area contributed by atoms with Gasteiger partial charge in [0.05, 0.1) is 12.2 Å². The van der Waals surface area contributed by atoms with Gasteiger partial charge in [0.25, 0.3) is 5.91 Å². The summed E-state index contributed by atoms with van der Waals surface area (Å²) in [6, 6.07) is 13.2. The first kappa shape index (κ1) is 14.2. The molecule has 1 N–H and O–H groups in total. The first-order valence-corrected chi connectivity index (χ1v) is 6.24. The van der Waals surface area contributed by atoms with Crippen LogP contribution in [0.15, 0.2) is 54.9 Å². The van der Waals surface area contributed by atoms with Crippen molar-refractivity contribution < 1.29 is 14.3 Å². The van der Waals surface area contributed by atoms with Gasteiger partial charge < -0.3 is 14.8 Å². The number of nitrogens with one attached hydrogen (secondary N) is 1. The van der Waals surface area contributed by atoms with Crippen molar-refractivity contribution in [2.75, 3.05) is 13.5 Å². The van der Waals surface area contributed by atoms with Crippen LogP contribution in [0.5, 0.6) is 0 Å². The Morgan fingerprint density at radius 2 is 1.95 bits per heavy atom. The zero-order valence-corrected chi connectivity index (χ0v) is 11.0. The van der Waals surface area contributed by atoms with Crippen molar-refractivity contribution >= 4 is 5.91 Å². The standard InChI is InChI=1S/C15H16N2O3/c18-15(14-7-4-8-16-9-14)17-11-20-12-19-10-13-5-2-1-3-6-13/h1-9H,10-12H2,(H,17,18). The van der Waals surface area contributed by atoms with Crippen molar-refractivity contribution in [2.24, 2.45) is 0 Å². The summed E-state index contributed by atoms with van der Waals surface area (Å²) < 4.78 is 10.5. The summed E-state index contributed by atoms with van der Waals surface area (Å²) in [6.07, 6.45) is 3.12. The molecule has 2 aromatic rings. The number of ether oxygens (including phenoxy) is 2. The molecule has 1 aromatic heterocycles. The molecule has 5 nitrogen and oxygen atoms in total. The van der Waals surface area contributed by atoms with Gasteiger partial charge in [-0.25, -0.2) is 0 Å². The number of aromatic nitrogens is 1. The van der Waals surface area contributed by atoms with Crippen molar-refractivity contribution in [3.63, 3.8) is 0 Å². The fourth-order valence-corrected chi connectivity index (χ4v) is 1.55. The minimum atomic E-state index is -0.221. The molecule has 0 atom stereocenters. The molecule has 0 aliphatic carbocycles. The number of hydrogen-bond donors (Lipinski definition) is 1. The molecule has 0 unspecified atom stereocenters. The molecular weight excluding hydrogens is 256 g/mol. The fraction of sp³-hybridized carbons (Fsp3) is 0.200. The van der Waals surface area contributed by atoms with Crippen molar-refractivity contribution in [1.29, 1.82) is 0 Å². The van der Waals surface area contributed by atoms with Crippen LogP contribution in [0.25, 0.3) is 0 Å². The monoisotopic (exact) mass is 272 g/mol. The van der Waals surface area contributed by atoms with E-state index in [0.29, 0.717) is 12.2 Å². The Balaban J connectivity index is 1.57. The molecule has 1 amide bonds. The lowest BCUT2D eigenvalue weighted by Crippen LogP contribution is -2.26. The van der Waals surface area contributed by atoms with Crippen LogP contribution in [-0.2, 0) is 16.1 Å². The van der Waals surface area contributed by atoms with Crippen LogP contribution in [-0.4, -0.2) is 24.4 Å². The first-order valence-electron chi connectivity index (χ1n) is 6.24. The quantitative estimate of drug-likeness (QED) is 0.618. The van der Waals surface area contributed by atoms with E-state index in [9.17, 15) is 4.79 Å². The Morgan fingerprint density at radius 3 is 2.70 bits per heavy atom. The van der Waals surface area contributed by atoms with E-state index in [0.717, 1.165) is 5.56 Å². The molecule has 0 bridgehead atoms. The summed E-state index contributed by atoms with van der Waals surface area (Å²) >= 11 is 0. The molecule has 0 saturated heterocycles. The summed E-state index contributed by atoms with van der Waals surface area (Å²) in [7, 11) is 0. The highest BCUT2D eigenvalue weighted by molar-refractivity contribution is 5.93. The van der Waals surface area contributed by atoms with Crippen LogP contribution in [0.2, 0.25) is 0 Å². The number of pyridine rings is 1. The molecule has 5 heteroatoms. The maximum Gasteiger partial charge on any atom is 0.254 e. The van der Waals surface area contributed by atoms with Crippen molar-refractivity contribution in [3.05, 3.63) is 66.0 Å². The lowest BCUT2D eigenvalue weighted by molar-refractivity contribution is -0.0650. The summed E-state index contributed by atoms with van der Waals surface area (Å²) in [6.45, 7) is 0.710. The Kier molecular flexibility index (Phi) is 5.70. The number of benzene rings is 1. The van der Waals surface area contributed by atoms with Crippen LogP contribution >= 0.6 is 0 Å². The molecule has 0 radical (unpaired) electrons. The minimum absolute atomic E-state index is 0.0997. The van der Waals surface area contributed by atoms with Crippen LogP contribution < -0.4 is 5.32 Å². The molecule has 20 heavy (non-hydrogen) atoms. The predicted octanol–water partition coefficient (Wildman–Crippen LogP) is 1.96. The van der Waals surface area contributed by atoms with Gasteiger partial charge >= 0.3 is 0 Å². The Hall–Kier alpha value is -2.24. The summed E-state index contributed by atoms with van der Waals surface area (Å²) in [5, 5.41) is 2.62. The second kappa shape index (κ2) is 8.04. The molecule has 0 spiro atoms. The number of rotatable bonds is 7. The van der Waals surface area contributed by atoms with E-state index in [4.69, 9.17) is 9.47 Å². The maximum absolute atomic E-state index is 11.6. The van der Waals surface area contributed by atoms with Gasteiger partial charge in [0, 0.05) is 12.4 Å². The van der Waals surface area contributed by atoms with E-state index in [1.807, 2.05) is 30.3 Å². The first-order chi connectivity index (χ1) is 9.86. The third-order valence-electron chi connectivity index (χ3n) is 2.54. The zero-order chi connectivity index (χ0) is 14.0. The molecular formula is C15H16N2O3. The molecule has 0 fully saturated rings. The van der Waals surface area contributed by atoms with Gasteiger partial charge in [-0.1, -0.05) is 30.3 Å². The zero-order valence-electron chi connectivity index (χ0n) is 11.0. The van der Waals surface area contributed by atoms with Crippen molar-refractivity contribution in [2.45, 2.75) is 6.61 Å². The Labute approximate surface area is 117 Å². The smallest absolute Gasteiger partial charge is 0.254 e. The highest BCUT2D eigenvalue weighted by Gasteiger charge is 2.03. The molecule has 1 aromatic carbocycles. The van der Waals surface area contributed by atoms with Crippen molar-refractivity contribution in [3.8, 4) is 0 Å². The molecule has 0 aliphatic heterocycles. The summed E-state index contributed by atoms with van der Waals surface area (Å²) in [5.41, 5.74) is 1.58. The summed E-state index contributed by atoms with van der Waals surface area (Å²) in [5.74, 6) is -0.221. The topological polar surface area (TPSA) is 60.5 Å². The number of carbonyl (C=O) groups excluding carboxylic acids is 1.